The second kappa shape index (κ2) is 7.22. The first-order chi connectivity index (χ1) is 10.1. The minimum atomic E-state index is -0.117. The zero-order chi connectivity index (χ0) is 15.2. The van der Waals surface area contributed by atoms with Crippen molar-refractivity contribution < 1.29 is 9.59 Å². The number of para-hydroxylation sites is 1. The summed E-state index contributed by atoms with van der Waals surface area (Å²) in [6.45, 7) is 4.80. The maximum absolute atomic E-state index is 12.1. The van der Waals surface area contributed by atoms with Crippen molar-refractivity contribution in [3.63, 3.8) is 0 Å². The summed E-state index contributed by atoms with van der Waals surface area (Å²) in [5.74, 6) is -0.205. The topological polar surface area (TPSA) is 70.2 Å². The summed E-state index contributed by atoms with van der Waals surface area (Å²) in [6.07, 6.45) is 2.47. The Hall–Kier alpha value is -1.88. The molecule has 1 aliphatic carbocycles. The molecule has 3 N–H and O–H groups in total. The van der Waals surface area contributed by atoms with Gasteiger partial charge in [-0.25, -0.2) is 0 Å². The van der Waals surface area contributed by atoms with Gasteiger partial charge in [-0.05, 0) is 38.4 Å². The first kappa shape index (κ1) is 15.5. The standard InChI is InChI=1S/C16H23N3O2/c1-3-17-11(2)10-15(20)19-14-7-5-4-6-13(14)16(21)18-12-8-9-12/h4-7,11-12,17H,3,8-10H2,1-2H3,(H,18,21)(H,19,20). The van der Waals surface area contributed by atoms with Crippen molar-refractivity contribution >= 4 is 17.5 Å². The molecule has 0 radical (unpaired) electrons. The van der Waals surface area contributed by atoms with E-state index in [1.807, 2.05) is 19.9 Å². The molecular weight excluding hydrogens is 266 g/mol. The van der Waals surface area contributed by atoms with Gasteiger partial charge in [0, 0.05) is 18.5 Å². The average molecular weight is 289 g/mol. The van der Waals surface area contributed by atoms with Crippen LogP contribution in [0.3, 0.4) is 0 Å². The van der Waals surface area contributed by atoms with Crippen LogP contribution in [0.2, 0.25) is 0 Å². The van der Waals surface area contributed by atoms with Crippen molar-refractivity contribution in [2.24, 2.45) is 0 Å². The van der Waals surface area contributed by atoms with Crippen LogP contribution >= 0.6 is 0 Å². The van der Waals surface area contributed by atoms with Gasteiger partial charge in [0.25, 0.3) is 5.91 Å². The molecule has 2 amide bonds. The van der Waals surface area contributed by atoms with Crippen LogP contribution in [0, 0.1) is 0 Å². The van der Waals surface area contributed by atoms with Gasteiger partial charge in [-0.3, -0.25) is 9.59 Å². The van der Waals surface area contributed by atoms with E-state index in [-0.39, 0.29) is 17.9 Å². The van der Waals surface area contributed by atoms with E-state index in [1.54, 1.807) is 18.2 Å². The molecule has 21 heavy (non-hydrogen) atoms. The molecule has 1 fully saturated rings. The molecule has 1 aromatic rings. The van der Waals surface area contributed by atoms with E-state index in [0.717, 1.165) is 19.4 Å². The molecule has 1 atom stereocenters. The average Bonchev–Trinajstić information content (AvgIpc) is 3.23. The maximum Gasteiger partial charge on any atom is 0.253 e. The normalized spacial score (nSPS) is 15.3. The van der Waals surface area contributed by atoms with Crippen LogP contribution in [-0.4, -0.2) is 30.4 Å². The third kappa shape index (κ3) is 4.86. The molecular formula is C16H23N3O2. The maximum atomic E-state index is 12.1. The highest BCUT2D eigenvalue weighted by molar-refractivity contribution is 6.04. The number of hydrogen-bond acceptors (Lipinski definition) is 3. The van der Waals surface area contributed by atoms with Crippen LogP contribution in [0.25, 0.3) is 0 Å². The Bertz CT molecular complexity index is 512. The fraction of sp³-hybridized carbons (Fsp3) is 0.500. The Balaban J connectivity index is 1.98. The smallest absolute Gasteiger partial charge is 0.253 e. The number of nitrogens with one attached hydrogen (secondary N) is 3. The summed E-state index contributed by atoms with van der Waals surface area (Å²) < 4.78 is 0. The zero-order valence-corrected chi connectivity index (χ0v) is 12.6. The molecule has 1 saturated carbocycles. The van der Waals surface area contributed by atoms with Crippen molar-refractivity contribution in [2.75, 3.05) is 11.9 Å². The van der Waals surface area contributed by atoms with E-state index < -0.39 is 0 Å². The molecule has 0 heterocycles. The van der Waals surface area contributed by atoms with Gasteiger partial charge in [-0.2, -0.15) is 0 Å². The number of amides is 2. The summed E-state index contributed by atoms with van der Waals surface area (Å²) in [5, 5.41) is 8.97. The van der Waals surface area contributed by atoms with Gasteiger partial charge in [0.2, 0.25) is 5.91 Å². The molecule has 1 unspecified atom stereocenters. The molecule has 5 heteroatoms. The summed E-state index contributed by atoms with van der Waals surface area (Å²) >= 11 is 0. The van der Waals surface area contributed by atoms with Crippen LogP contribution in [0.4, 0.5) is 5.69 Å². The largest absolute Gasteiger partial charge is 0.349 e. The van der Waals surface area contributed by atoms with Gasteiger partial charge >= 0.3 is 0 Å². The summed E-state index contributed by atoms with van der Waals surface area (Å²) in [4.78, 5) is 24.2. The Labute approximate surface area is 125 Å². The van der Waals surface area contributed by atoms with Crippen LogP contribution in [0.5, 0.6) is 0 Å². The second-order valence-electron chi connectivity index (χ2n) is 5.50. The molecule has 0 saturated heterocycles. The van der Waals surface area contributed by atoms with Gasteiger partial charge < -0.3 is 16.0 Å². The molecule has 0 aromatic heterocycles. The third-order valence-electron chi connectivity index (χ3n) is 3.40. The predicted octanol–water partition coefficient (Wildman–Crippen LogP) is 1.91. The zero-order valence-electron chi connectivity index (χ0n) is 12.6. The third-order valence-corrected chi connectivity index (χ3v) is 3.40. The minimum absolute atomic E-state index is 0.0879. The number of benzene rings is 1. The summed E-state index contributed by atoms with van der Waals surface area (Å²) in [7, 11) is 0. The molecule has 0 aliphatic heterocycles. The Kier molecular flexibility index (Phi) is 5.33. The molecule has 1 aliphatic rings. The molecule has 0 bridgehead atoms. The summed E-state index contributed by atoms with van der Waals surface area (Å²) in [6, 6.07) is 7.53. The number of rotatable bonds is 7. The number of hydrogen-bond donors (Lipinski definition) is 3. The molecule has 0 spiro atoms. The number of carbonyl (C=O) groups excluding carboxylic acids is 2. The fourth-order valence-electron chi connectivity index (χ4n) is 2.18. The van der Waals surface area contributed by atoms with Crippen LogP contribution < -0.4 is 16.0 Å². The Morgan fingerprint density at radius 3 is 2.67 bits per heavy atom. The molecule has 1 aromatic carbocycles. The van der Waals surface area contributed by atoms with Gasteiger partial charge in [-0.15, -0.1) is 0 Å². The lowest BCUT2D eigenvalue weighted by Gasteiger charge is -2.14. The van der Waals surface area contributed by atoms with E-state index in [4.69, 9.17) is 0 Å². The van der Waals surface area contributed by atoms with Crippen molar-refractivity contribution in [1.82, 2.24) is 10.6 Å². The lowest BCUT2D eigenvalue weighted by Crippen LogP contribution is -2.31. The van der Waals surface area contributed by atoms with Crippen LogP contribution in [0.1, 0.15) is 43.5 Å². The predicted molar refractivity (Wildman–Crippen MR) is 83.3 cm³/mol. The quantitative estimate of drug-likeness (QED) is 0.718. The van der Waals surface area contributed by atoms with Crippen molar-refractivity contribution in [3.8, 4) is 0 Å². The monoisotopic (exact) mass is 289 g/mol. The van der Waals surface area contributed by atoms with E-state index in [0.29, 0.717) is 23.7 Å². The fourth-order valence-corrected chi connectivity index (χ4v) is 2.18. The minimum Gasteiger partial charge on any atom is -0.349 e. The molecule has 2 rings (SSSR count). The van der Waals surface area contributed by atoms with Crippen LogP contribution in [-0.2, 0) is 4.79 Å². The van der Waals surface area contributed by atoms with E-state index in [9.17, 15) is 9.59 Å². The number of carbonyl (C=O) groups is 2. The van der Waals surface area contributed by atoms with Gasteiger partial charge in [-0.1, -0.05) is 19.1 Å². The highest BCUT2D eigenvalue weighted by Crippen LogP contribution is 2.21. The molecule has 114 valence electrons. The van der Waals surface area contributed by atoms with Crippen molar-refractivity contribution in [2.45, 2.75) is 45.2 Å². The Morgan fingerprint density at radius 1 is 1.29 bits per heavy atom. The number of anilines is 1. The first-order valence-corrected chi connectivity index (χ1v) is 7.53. The highest BCUT2D eigenvalue weighted by atomic mass is 16.2. The molecule has 5 nitrogen and oxygen atoms in total. The van der Waals surface area contributed by atoms with Gasteiger partial charge in [0.15, 0.2) is 0 Å². The SMILES string of the molecule is CCNC(C)CC(=O)Nc1ccccc1C(=O)NC1CC1. The summed E-state index contributed by atoms with van der Waals surface area (Å²) in [5.41, 5.74) is 1.10. The van der Waals surface area contributed by atoms with Crippen molar-refractivity contribution in [1.29, 1.82) is 0 Å². The van der Waals surface area contributed by atoms with Crippen molar-refractivity contribution in [3.05, 3.63) is 29.8 Å². The second-order valence-corrected chi connectivity index (χ2v) is 5.50. The highest BCUT2D eigenvalue weighted by Gasteiger charge is 2.25. The van der Waals surface area contributed by atoms with E-state index in [2.05, 4.69) is 16.0 Å². The van der Waals surface area contributed by atoms with Crippen LogP contribution in [0.15, 0.2) is 24.3 Å². The first-order valence-electron chi connectivity index (χ1n) is 7.53. The van der Waals surface area contributed by atoms with E-state index >= 15 is 0 Å². The Morgan fingerprint density at radius 2 is 2.00 bits per heavy atom. The van der Waals surface area contributed by atoms with E-state index in [1.165, 1.54) is 0 Å². The lowest BCUT2D eigenvalue weighted by atomic mass is 10.1. The van der Waals surface area contributed by atoms with Gasteiger partial charge in [0.1, 0.15) is 0 Å². The van der Waals surface area contributed by atoms with Gasteiger partial charge in [0.05, 0.1) is 11.3 Å². The lowest BCUT2D eigenvalue weighted by molar-refractivity contribution is -0.116.